The Morgan fingerprint density at radius 3 is 2.48 bits per heavy atom. The first-order valence-corrected chi connectivity index (χ1v) is 8.32. The normalized spacial score (nSPS) is 16.4. The largest absolute Gasteiger partial charge is 0.463 e. The van der Waals surface area contributed by atoms with Crippen molar-refractivity contribution in [1.82, 2.24) is 15.5 Å². The van der Waals surface area contributed by atoms with Gasteiger partial charge in [0, 0.05) is 40.2 Å². The maximum absolute atomic E-state index is 11.5. The number of aliphatic imine (C=N–C) groups is 1. The van der Waals surface area contributed by atoms with Crippen LogP contribution in [0.4, 0.5) is 0 Å². The van der Waals surface area contributed by atoms with Crippen LogP contribution in [-0.4, -0.2) is 62.6 Å². The molecule has 0 bridgehead atoms. The minimum atomic E-state index is -0.202. The van der Waals surface area contributed by atoms with Crippen LogP contribution in [0.2, 0.25) is 0 Å². The predicted octanol–water partition coefficient (Wildman–Crippen LogP) is 0.752. The summed E-state index contributed by atoms with van der Waals surface area (Å²) in [4.78, 5) is 29.4. The van der Waals surface area contributed by atoms with Gasteiger partial charge in [-0.2, -0.15) is 0 Å². The van der Waals surface area contributed by atoms with Crippen LogP contribution in [0, 0.1) is 5.92 Å². The number of amides is 1. The van der Waals surface area contributed by atoms with Gasteiger partial charge in [0.1, 0.15) is 0 Å². The predicted molar refractivity (Wildman–Crippen MR) is 90.2 cm³/mol. The first-order chi connectivity index (χ1) is 11.0. The van der Waals surface area contributed by atoms with Crippen molar-refractivity contribution in [3.8, 4) is 0 Å². The summed E-state index contributed by atoms with van der Waals surface area (Å²) in [5.41, 5.74) is 0. The van der Waals surface area contributed by atoms with Crippen LogP contribution in [0.25, 0.3) is 0 Å². The van der Waals surface area contributed by atoms with E-state index in [0.29, 0.717) is 25.3 Å². The number of guanidine groups is 1. The molecule has 132 valence electrons. The number of carbonyl (C=O) groups is 2. The molecule has 0 aliphatic carbocycles. The van der Waals surface area contributed by atoms with E-state index in [4.69, 9.17) is 4.74 Å². The third-order valence-corrected chi connectivity index (χ3v) is 3.86. The summed E-state index contributed by atoms with van der Waals surface area (Å²) in [5.74, 6) is 1.15. The molecule has 0 saturated carbocycles. The first kappa shape index (κ1) is 19.3. The zero-order valence-corrected chi connectivity index (χ0v) is 14.7. The van der Waals surface area contributed by atoms with E-state index in [1.165, 1.54) is 0 Å². The summed E-state index contributed by atoms with van der Waals surface area (Å²) in [5, 5.41) is 5.88. The quantitative estimate of drug-likeness (QED) is 0.428. The minimum absolute atomic E-state index is 0.0823. The Bertz CT molecular complexity index is 416. The second-order valence-corrected chi connectivity index (χ2v) is 6.07. The molecule has 1 aliphatic rings. The van der Waals surface area contributed by atoms with Gasteiger partial charge < -0.3 is 20.3 Å². The van der Waals surface area contributed by atoms with Gasteiger partial charge in [0.15, 0.2) is 5.96 Å². The highest BCUT2D eigenvalue weighted by atomic mass is 16.5. The number of hydrogen-bond acceptors (Lipinski definition) is 4. The Hall–Kier alpha value is -1.79. The number of piperidine rings is 1. The topological polar surface area (TPSA) is 83.0 Å². The van der Waals surface area contributed by atoms with Gasteiger partial charge >= 0.3 is 5.97 Å². The summed E-state index contributed by atoms with van der Waals surface area (Å²) in [6, 6.07) is 0. The summed E-state index contributed by atoms with van der Waals surface area (Å²) in [6.07, 6.45) is 2.79. The number of likely N-dealkylation sites (tertiary alicyclic amines) is 1. The molecule has 0 aromatic rings. The number of nitrogens with one attached hydrogen (secondary N) is 2. The molecular formula is C16H30N4O3. The third kappa shape index (κ3) is 7.34. The zero-order chi connectivity index (χ0) is 17.2. The maximum atomic E-state index is 11.5. The average molecular weight is 326 g/mol. The van der Waals surface area contributed by atoms with Crippen LogP contribution in [0.5, 0.6) is 0 Å². The van der Waals surface area contributed by atoms with E-state index in [2.05, 4.69) is 20.5 Å². The first-order valence-electron chi connectivity index (χ1n) is 8.32. The highest BCUT2D eigenvalue weighted by Gasteiger charge is 2.23. The minimum Gasteiger partial charge on any atom is -0.463 e. The number of carbonyl (C=O) groups excluding carboxylic acids is 2. The van der Waals surface area contributed by atoms with E-state index in [9.17, 15) is 9.59 Å². The Morgan fingerprint density at radius 2 is 1.96 bits per heavy atom. The van der Waals surface area contributed by atoms with Gasteiger partial charge in [0.25, 0.3) is 0 Å². The highest BCUT2D eigenvalue weighted by molar-refractivity contribution is 5.80. The van der Waals surface area contributed by atoms with E-state index in [0.717, 1.165) is 31.9 Å². The lowest BCUT2D eigenvalue weighted by atomic mass is 9.93. The molecule has 0 atom stereocenters. The smallest absolute Gasteiger partial charge is 0.307 e. The molecule has 1 heterocycles. The van der Waals surface area contributed by atoms with Gasteiger partial charge in [-0.25, -0.2) is 0 Å². The van der Waals surface area contributed by atoms with Crippen LogP contribution in [0.15, 0.2) is 4.99 Å². The van der Waals surface area contributed by atoms with Crippen molar-refractivity contribution in [2.45, 2.75) is 45.6 Å². The molecule has 1 rings (SSSR count). The van der Waals surface area contributed by atoms with E-state index in [1.54, 1.807) is 14.1 Å². The fourth-order valence-electron chi connectivity index (χ4n) is 2.64. The molecule has 23 heavy (non-hydrogen) atoms. The van der Waals surface area contributed by atoms with Gasteiger partial charge in [0.05, 0.1) is 12.5 Å². The molecule has 0 spiro atoms. The Balaban J connectivity index is 2.31. The number of hydrogen-bond donors (Lipinski definition) is 2. The molecule has 1 fully saturated rings. The van der Waals surface area contributed by atoms with Gasteiger partial charge in [-0.1, -0.05) is 0 Å². The van der Waals surface area contributed by atoms with E-state index in [1.807, 2.05) is 13.8 Å². The molecule has 1 saturated heterocycles. The van der Waals surface area contributed by atoms with E-state index < -0.39 is 0 Å². The molecular weight excluding hydrogens is 296 g/mol. The summed E-state index contributed by atoms with van der Waals surface area (Å²) in [7, 11) is 3.42. The van der Waals surface area contributed by atoms with Crippen molar-refractivity contribution in [2.24, 2.45) is 10.9 Å². The zero-order valence-electron chi connectivity index (χ0n) is 14.7. The lowest BCUT2D eigenvalue weighted by Gasteiger charge is -2.34. The highest BCUT2D eigenvalue weighted by Crippen LogP contribution is 2.20. The van der Waals surface area contributed by atoms with Crippen molar-refractivity contribution in [3.05, 3.63) is 0 Å². The second-order valence-electron chi connectivity index (χ2n) is 6.07. The maximum Gasteiger partial charge on any atom is 0.307 e. The summed E-state index contributed by atoms with van der Waals surface area (Å²) >= 11 is 0. The Labute approximate surface area is 138 Å². The third-order valence-electron chi connectivity index (χ3n) is 3.86. The molecule has 0 aromatic carbocycles. The lowest BCUT2D eigenvalue weighted by molar-refractivity contribution is -0.147. The van der Waals surface area contributed by atoms with Crippen LogP contribution < -0.4 is 10.6 Å². The number of esters is 1. The number of ether oxygens (including phenoxy) is 1. The molecule has 0 aromatic heterocycles. The summed E-state index contributed by atoms with van der Waals surface area (Å²) in [6.45, 7) is 5.94. The van der Waals surface area contributed by atoms with Gasteiger partial charge in [-0.3, -0.25) is 14.6 Å². The van der Waals surface area contributed by atoms with Crippen LogP contribution >= 0.6 is 0 Å². The van der Waals surface area contributed by atoms with E-state index >= 15 is 0 Å². The molecule has 0 unspecified atom stereocenters. The number of rotatable bonds is 6. The molecule has 1 aliphatic heterocycles. The molecule has 2 N–H and O–H groups in total. The van der Waals surface area contributed by atoms with Gasteiger partial charge in [-0.15, -0.1) is 0 Å². The van der Waals surface area contributed by atoms with Crippen molar-refractivity contribution in [3.63, 3.8) is 0 Å². The number of nitrogens with zero attached hydrogens (tertiary/aromatic N) is 2. The average Bonchev–Trinajstić information content (AvgIpc) is 2.51. The van der Waals surface area contributed by atoms with Crippen LogP contribution in [-0.2, 0) is 14.3 Å². The Morgan fingerprint density at radius 1 is 1.30 bits per heavy atom. The van der Waals surface area contributed by atoms with Crippen LogP contribution in [0.3, 0.4) is 0 Å². The monoisotopic (exact) mass is 326 g/mol. The van der Waals surface area contributed by atoms with Crippen molar-refractivity contribution >= 4 is 17.8 Å². The standard InChI is InChI=1S/C16H30N4O3/c1-12(2)23-15(22)5-8-19-16(18-4)20-9-6-13(7-10-20)11-14(21)17-3/h12-13H,5-11H2,1-4H3,(H,17,21)(H,18,19). The van der Waals surface area contributed by atoms with Crippen molar-refractivity contribution in [1.29, 1.82) is 0 Å². The second kappa shape index (κ2) is 10.1. The lowest BCUT2D eigenvalue weighted by Crippen LogP contribution is -2.46. The molecule has 7 nitrogen and oxygen atoms in total. The van der Waals surface area contributed by atoms with Crippen LogP contribution in [0.1, 0.15) is 39.5 Å². The fraction of sp³-hybridized carbons (Fsp3) is 0.812. The summed E-state index contributed by atoms with van der Waals surface area (Å²) < 4.78 is 5.10. The van der Waals surface area contributed by atoms with Gasteiger partial charge in [-0.05, 0) is 32.6 Å². The van der Waals surface area contributed by atoms with E-state index in [-0.39, 0.29) is 18.0 Å². The molecule has 7 heteroatoms. The van der Waals surface area contributed by atoms with Crippen molar-refractivity contribution in [2.75, 3.05) is 33.7 Å². The molecule has 0 radical (unpaired) electrons. The van der Waals surface area contributed by atoms with Gasteiger partial charge in [0.2, 0.25) is 5.91 Å². The Kier molecular flexibility index (Phi) is 8.43. The fourth-order valence-corrected chi connectivity index (χ4v) is 2.64. The SMILES string of the molecule is CN=C(NCCC(=O)OC(C)C)N1CCC(CC(=O)NC)CC1. The van der Waals surface area contributed by atoms with Crippen molar-refractivity contribution < 1.29 is 14.3 Å². The molecule has 1 amide bonds.